The molecule has 0 spiro atoms. The lowest BCUT2D eigenvalue weighted by molar-refractivity contribution is 0.215. The summed E-state index contributed by atoms with van der Waals surface area (Å²) in [5.41, 5.74) is 0.550. The average molecular weight is 181 g/mol. The molecule has 0 bridgehead atoms. The van der Waals surface area contributed by atoms with Crippen LogP contribution in [-0.2, 0) is 0 Å². The summed E-state index contributed by atoms with van der Waals surface area (Å²) in [7, 11) is 0. The summed E-state index contributed by atoms with van der Waals surface area (Å²) in [5.74, 6) is 0.863. The van der Waals surface area contributed by atoms with E-state index < -0.39 is 0 Å². The largest absolute Gasteiger partial charge is 0.295 e. The minimum atomic E-state index is 0.550. The second-order valence-electron chi connectivity index (χ2n) is 3.65. The molecular weight excluding hydrogens is 160 g/mol. The molecule has 1 atom stereocenters. The van der Waals surface area contributed by atoms with Gasteiger partial charge < -0.3 is 0 Å². The first-order chi connectivity index (χ1) is 5.04. The molecule has 11 heavy (non-hydrogen) atoms. The molecule has 0 saturated carbocycles. The Morgan fingerprint density at radius 3 is 1.73 bits per heavy atom. The quantitative estimate of drug-likeness (QED) is 0.704. The highest BCUT2D eigenvalue weighted by molar-refractivity contribution is 6.04. The van der Waals surface area contributed by atoms with Gasteiger partial charge in [-0.05, 0) is 11.3 Å². The van der Waals surface area contributed by atoms with Gasteiger partial charge in [0.05, 0.1) is 11.9 Å². The van der Waals surface area contributed by atoms with E-state index in [0.29, 0.717) is 5.41 Å². The Morgan fingerprint density at radius 1 is 1.27 bits per heavy atom. The van der Waals surface area contributed by atoms with Crippen LogP contribution in [0.2, 0.25) is 0 Å². The molecule has 0 saturated heterocycles. The van der Waals surface area contributed by atoms with E-state index in [1.54, 1.807) is 0 Å². The van der Waals surface area contributed by atoms with Gasteiger partial charge in [0.15, 0.2) is 0 Å². The fraction of sp³-hybridized carbons (Fsp3) is 1.00. The molecule has 1 N–H and O–H groups in total. The smallest absolute Gasteiger partial charge is 0.0579 e. The van der Waals surface area contributed by atoms with Gasteiger partial charge in [-0.1, -0.05) is 47.5 Å². The lowest BCUT2D eigenvalue weighted by atomic mass is 9.77. The Hall–Kier alpha value is 0.250. The third-order valence-electron chi connectivity index (χ3n) is 2.86. The van der Waals surface area contributed by atoms with Crippen LogP contribution >= 0.6 is 11.9 Å². The predicted octanol–water partition coefficient (Wildman–Crippen LogP) is 3.60. The van der Waals surface area contributed by atoms with E-state index in [2.05, 4.69) is 46.5 Å². The van der Waals surface area contributed by atoms with E-state index >= 15 is 0 Å². The Balaban J connectivity index is 0. The molecular formula is C9H21ClO. The Bertz CT molecular complexity index is 81.6. The SMILES string of the molecule is CCC(C)C(C)(C)CC.OCl. The Kier molecular flexibility index (Phi) is 8.70. The number of halogens is 1. The van der Waals surface area contributed by atoms with Crippen LogP contribution in [0.1, 0.15) is 47.5 Å². The van der Waals surface area contributed by atoms with Crippen LogP contribution in [0.3, 0.4) is 0 Å². The number of hydrogen-bond donors (Lipinski definition) is 1. The first-order valence-corrected chi connectivity index (χ1v) is 4.55. The molecule has 0 radical (unpaired) electrons. The van der Waals surface area contributed by atoms with Crippen molar-refractivity contribution >= 4 is 11.9 Å². The first kappa shape index (κ1) is 13.8. The van der Waals surface area contributed by atoms with Crippen molar-refractivity contribution in [2.75, 3.05) is 0 Å². The summed E-state index contributed by atoms with van der Waals surface area (Å²) in [6.07, 6.45) is 2.60. The zero-order chi connectivity index (χ0) is 9.49. The maximum absolute atomic E-state index is 6.47. The van der Waals surface area contributed by atoms with Crippen LogP contribution in [0.4, 0.5) is 0 Å². The van der Waals surface area contributed by atoms with E-state index in [9.17, 15) is 0 Å². The molecule has 0 aromatic carbocycles. The Labute approximate surface area is 75.9 Å². The summed E-state index contributed by atoms with van der Waals surface area (Å²) in [4.78, 5) is 0. The van der Waals surface area contributed by atoms with Gasteiger partial charge in [-0.2, -0.15) is 0 Å². The van der Waals surface area contributed by atoms with Gasteiger partial charge in [0.2, 0.25) is 0 Å². The third-order valence-corrected chi connectivity index (χ3v) is 2.86. The van der Waals surface area contributed by atoms with E-state index in [0.717, 1.165) is 5.92 Å². The lowest BCUT2D eigenvalue weighted by Gasteiger charge is -2.29. The standard InChI is InChI=1S/C9H20.ClHO/c1-6-8(3)9(4,5)7-2;1-2/h8H,6-7H2,1-5H3;2H. The molecule has 0 aliphatic rings. The minimum Gasteiger partial charge on any atom is -0.295 e. The molecule has 70 valence electrons. The Morgan fingerprint density at radius 2 is 1.64 bits per heavy atom. The monoisotopic (exact) mass is 180 g/mol. The highest BCUT2D eigenvalue weighted by Gasteiger charge is 2.21. The summed E-state index contributed by atoms with van der Waals surface area (Å²) in [6, 6.07) is 0. The summed E-state index contributed by atoms with van der Waals surface area (Å²) < 4.78 is 6.47. The minimum absolute atomic E-state index is 0.550. The zero-order valence-corrected chi connectivity index (χ0v) is 9.07. The number of rotatable bonds is 3. The second-order valence-corrected chi connectivity index (χ2v) is 3.65. The maximum atomic E-state index is 6.47. The van der Waals surface area contributed by atoms with Crippen LogP contribution in [-0.4, -0.2) is 4.66 Å². The van der Waals surface area contributed by atoms with Crippen molar-refractivity contribution in [3.05, 3.63) is 0 Å². The van der Waals surface area contributed by atoms with Crippen molar-refractivity contribution in [1.82, 2.24) is 0 Å². The fourth-order valence-electron chi connectivity index (χ4n) is 0.901. The highest BCUT2D eigenvalue weighted by atomic mass is 35.5. The normalized spacial score (nSPS) is 13.4. The van der Waals surface area contributed by atoms with Crippen molar-refractivity contribution in [2.45, 2.75) is 47.5 Å². The van der Waals surface area contributed by atoms with E-state index in [4.69, 9.17) is 4.66 Å². The zero-order valence-electron chi connectivity index (χ0n) is 8.32. The van der Waals surface area contributed by atoms with Gasteiger partial charge >= 0.3 is 0 Å². The van der Waals surface area contributed by atoms with Crippen molar-refractivity contribution < 1.29 is 4.66 Å². The fourth-order valence-corrected chi connectivity index (χ4v) is 0.901. The predicted molar refractivity (Wildman–Crippen MR) is 51.6 cm³/mol. The van der Waals surface area contributed by atoms with Gasteiger partial charge in [0.25, 0.3) is 0 Å². The molecule has 0 amide bonds. The van der Waals surface area contributed by atoms with Crippen molar-refractivity contribution in [1.29, 1.82) is 0 Å². The topological polar surface area (TPSA) is 20.2 Å². The molecule has 1 nitrogen and oxygen atoms in total. The first-order valence-electron chi connectivity index (χ1n) is 4.21. The molecule has 0 aromatic rings. The summed E-state index contributed by atoms with van der Waals surface area (Å²) in [6.45, 7) is 11.6. The molecule has 1 unspecified atom stereocenters. The lowest BCUT2D eigenvalue weighted by Crippen LogP contribution is -2.19. The molecule has 0 rings (SSSR count). The van der Waals surface area contributed by atoms with Gasteiger partial charge in [-0.25, -0.2) is 0 Å². The summed E-state index contributed by atoms with van der Waals surface area (Å²) >= 11 is 3.64. The van der Waals surface area contributed by atoms with Gasteiger partial charge in [0.1, 0.15) is 0 Å². The van der Waals surface area contributed by atoms with Crippen LogP contribution in [0.5, 0.6) is 0 Å². The van der Waals surface area contributed by atoms with Crippen LogP contribution in [0, 0.1) is 11.3 Å². The van der Waals surface area contributed by atoms with Gasteiger partial charge in [-0.15, -0.1) is 0 Å². The molecule has 0 aromatic heterocycles. The molecule has 0 aliphatic carbocycles. The third kappa shape index (κ3) is 5.51. The van der Waals surface area contributed by atoms with Gasteiger partial charge in [-0.3, -0.25) is 4.66 Å². The average Bonchev–Trinajstić information content (AvgIpc) is 2.06. The maximum Gasteiger partial charge on any atom is 0.0579 e. The molecule has 0 aliphatic heterocycles. The second kappa shape index (κ2) is 6.93. The van der Waals surface area contributed by atoms with Gasteiger partial charge in [0, 0.05) is 0 Å². The highest BCUT2D eigenvalue weighted by Crippen LogP contribution is 2.31. The van der Waals surface area contributed by atoms with Crippen LogP contribution in [0.15, 0.2) is 0 Å². The molecule has 0 heterocycles. The van der Waals surface area contributed by atoms with Crippen LogP contribution < -0.4 is 0 Å². The van der Waals surface area contributed by atoms with Crippen molar-refractivity contribution in [3.8, 4) is 0 Å². The van der Waals surface area contributed by atoms with E-state index in [1.165, 1.54) is 12.8 Å². The number of hydrogen-bond acceptors (Lipinski definition) is 1. The molecule has 2 heteroatoms. The van der Waals surface area contributed by atoms with E-state index in [-0.39, 0.29) is 0 Å². The van der Waals surface area contributed by atoms with Crippen molar-refractivity contribution in [3.63, 3.8) is 0 Å². The van der Waals surface area contributed by atoms with Crippen LogP contribution in [0.25, 0.3) is 0 Å². The summed E-state index contributed by atoms with van der Waals surface area (Å²) in [5, 5.41) is 0. The van der Waals surface area contributed by atoms with Crippen molar-refractivity contribution in [2.24, 2.45) is 11.3 Å². The molecule has 0 fully saturated rings. The van der Waals surface area contributed by atoms with E-state index in [1.807, 2.05) is 0 Å².